The molecular formula is C25H25N5O2S2. The number of aromatic amines is 1. The summed E-state index contributed by atoms with van der Waals surface area (Å²) in [4.78, 5) is 39.4. The summed E-state index contributed by atoms with van der Waals surface area (Å²) in [6.45, 7) is 3.40. The van der Waals surface area contributed by atoms with Gasteiger partial charge in [-0.2, -0.15) is 0 Å². The van der Waals surface area contributed by atoms with Crippen LogP contribution in [-0.2, 0) is 13.0 Å². The minimum atomic E-state index is -0.0838. The molecule has 1 unspecified atom stereocenters. The number of aryl methyl sites for hydroxylation is 1. The van der Waals surface area contributed by atoms with Gasteiger partial charge in [0.05, 0.1) is 18.0 Å². The lowest BCUT2D eigenvalue weighted by molar-refractivity contribution is 0.131. The van der Waals surface area contributed by atoms with Gasteiger partial charge in [0.25, 0.3) is 5.56 Å². The Hall–Kier alpha value is -3.01. The number of nitrogens with one attached hydrogen (secondary N) is 2. The molecule has 0 saturated carbocycles. The monoisotopic (exact) mass is 491 g/mol. The fourth-order valence-electron chi connectivity index (χ4n) is 4.95. The Morgan fingerprint density at radius 2 is 1.97 bits per heavy atom. The molecule has 1 aromatic carbocycles. The molecule has 4 aromatic rings. The van der Waals surface area contributed by atoms with Crippen LogP contribution in [0.5, 0.6) is 0 Å². The second-order valence-corrected chi connectivity index (χ2v) is 10.6. The van der Waals surface area contributed by atoms with Crippen molar-refractivity contribution in [3.8, 4) is 10.4 Å². The average molecular weight is 492 g/mol. The van der Waals surface area contributed by atoms with Crippen LogP contribution in [0.1, 0.15) is 29.4 Å². The van der Waals surface area contributed by atoms with Crippen LogP contribution in [0.25, 0.3) is 20.7 Å². The lowest BCUT2D eigenvalue weighted by atomic mass is 10.1. The fourth-order valence-corrected chi connectivity index (χ4v) is 6.73. The number of piperazine rings is 1. The van der Waals surface area contributed by atoms with E-state index in [1.54, 1.807) is 11.3 Å². The summed E-state index contributed by atoms with van der Waals surface area (Å²) < 4.78 is 0. The number of rotatable bonds is 4. The molecule has 1 atom stereocenters. The van der Waals surface area contributed by atoms with Crippen molar-refractivity contribution in [3.63, 3.8) is 0 Å². The summed E-state index contributed by atoms with van der Waals surface area (Å²) in [5, 5.41) is 7.93. The third-order valence-electron chi connectivity index (χ3n) is 6.74. The van der Waals surface area contributed by atoms with E-state index < -0.39 is 0 Å². The van der Waals surface area contributed by atoms with Gasteiger partial charge in [-0.3, -0.25) is 9.69 Å². The zero-order valence-corrected chi connectivity index (χ0v) is 20.3. The Bertz CT molecular complexity index is 1390. The van der Waals surface area contributed by atoms with Gasteiger partial charge in [-0.1, -0.05) is 30.3 Å². The van der Waals surface area contributed by atoms with E-state index >= 15 is 0 Å². The molecule has 0 spiro atoms. The molecule has 0 bridgehead atoms. The highest BCUT2D eigenvalue weighted by atomic mass is 32.1. The molecule has 3 aromatic heterocycles. The zero-order valence-electron chi connectivity index (χ0n) is 18.6. The number of fused-ring (bicyclic) bond motifs is 2. The molecule has 6 rings (SSSR count). The Labute approximate surface area is 205 Å². The molecule has 1 fully saturated rings. The van der Waals surface area contributed by atoms with Crippen LogP contribution in [0.3, 0.4) is 0 Å². The number of aromatic nitrogens is 2. The number of urea groups is 1. The van der Waals surface area contributed by atoms with Crippen LogP contribution < -0.4 is 10.9 Å². The van der Waals surface area contributed by atoms with Gasteiger partial charge in [-0.05, 0) is 35.4 Å². The number of carbonyl (C=O) groups excluding carboxylic acids is 1. The van der Waals surface area contributed by atoms with Crippen molar-refractivity contribution in [1.29, 1.82) is 0 Å². The van der Waals surface area contributed by atoms with Crippen molar-refractivity contribution in [2.75, 3.05) is 26.2 Å². The predicted octanol–water partition coefficient (Wildman–Crippen LogP) is 4.23. The lowest BCUT2D eigenvalue weighted by Gasteiger charge is -2.35. The molecule has 1 aliphatic carbocycles. The standard InChI is InChI=1S/C25H25N5O2S2/c31-23-22-18(20-6-3-13-33-20)15-34-24(22)28-21(27-23)14-29-9-11-30(12-10-29)25(32)26-19-8-7-16-4-1-2-5-17(16)19/h1-6,13,15,19H,7-12,14H2,(H,26,32)(H,27,28,31). The van der Waals surface area contributed by atoms with Gasteiger partial charge < -0.3 is 15.2 Å². The van der Waals surface area contributed by atoms with E-state index in [1.165, 1.54) is 22.5 Å². The van der Waals surface area contributed by atoms with Gasteiger partial charge >= 0.3 is 6.03 Å². The highest BCUT2D eigenvalue weighted by molar-refractivity contribution is 7.18. The van der Waals surface area contributed by atoms with E-state index in [-0.39, 0.29) is 17.6 Å². The van der Waals surface area contributed by atoms with Crippen molar-refractivity contribution < 1.29 is 4.79 Å². The minimum absolute atomic E-state index is 0.00833. The normalized spacial score (nSPS) is 18.4. The summed E-state index contributed by atoms with van der Waals surface area (Å²) in [5.41, 5.74) is 3.46. The van der Waals surface area contributed by atoms with Crippen LogP contribution in [0.15, 0.2) is 52.0 Å². The summed E-state index contributed by atoms with van der Waals surface area (Å²) in [6, 6.07) is 12.5. The minimum Gasteiger partial charge on any atom is -0.331 e. The predicted molar refractivity (Wildman–Crippen MR) is 136 cm³/mol. The van der Waals surface area contributed by atoms with Crippen LogP contribution in [0, 0.1) is 0 Å². The lowest BCUT2D eigenvalue weighted by Crippen LogP contribution is -2.52. The molecule has 1 saturated heterocycles. The Balaban J connectivity index is 1.08. The van der Waals surface area contributed by atoms with Gasteiger partial charge in [0, 0.05) is 42.0 Å². The first-order valence-corrected chi connectivity index (χ1v) is 13.3. The number of carbonyl (C=O) groups is 1. The van der Waals surface area contributed by atoms with E-state index in [1.807, 2.05) is 33.9 Å². The number of nitrogens with zero attached hydrogens (tertiary/aromatic N) is 3. The first-order valence-electron chi connectivity index (χ1n) is 11.6. The number of hydrogen-bond acceptors (Lipinski definition) is 6. The van der Waals surface area contributed by atoms with Gasteiger partial charge in [-0.15, -0.1) is 22.7 Å². The van der Waals surface area contributed by atoms with E-state index in [0.717, 1.165) is 41.2 Å². The third kappa shape index (κ3) is 4.04. The van der Waals surface area contributed by atoms with Gasteiger partial charge in [0.15, 0.2) is 0 Å². The van der Waals surface area contributed by atoms with E-state index in [2.05, 4.69) is 33.4 Å². The summed E-state index contributed by atoms with van der Waals surface area (Å²) >= 11 is 3.14. The summed E-state index contributed by atoms with van der Waals surface area (Å²) in [6.07, 6.45) is 1.98. The largest absolute Gasteiger partial charge is 0.331 e. The second-order valence-electron chi connectivity index (χ2n) is 8.82. The van der Waals surface area contributed by atoms with Crippen molar-refractivity contribution in [2.45, 2.75) is 25.4 Å². The molecular weight excluding hydrogens is 466 g/mol. The number of hydrogen-bond donors (Lipinski definition) is 2. The van der Waals surface area contributed by atoms with Crippen molar-refractivity contribution in [3.05, 3.63) is 74.5 Å². The smallest absolute Gasteiger partial charge is 0.317 e. The van der Waals surface area contributed by atoms with Gasteiger partial charge in [0.1, 0.15) is 10.7 Å². The highest BCUT2D eigenvalue weighted by Crippen LogP contribution is 2.33. The maximum absolute atomic E-state index is 12.9. The van der Waals surface area contributed by atoms with E-state index in [4.69, 9.17) is 4.98 Å². The third-order valence-corrected chi connectivity index (χ3v) is 8.52. The maximum Gasteiger partial charge on any atom is 0.317 e. The van der Waals surface area contributed by atoms with Crippen molar-refractivity contribution >= 4 is 38.9 Å². The molecule has 4 heterocycles. The van der Waals surface area contributed by atoms with Crippen LogP contribution >= 0.6 is 22.7 Å². The number of H-pyrrole nitrogens is 1. The Morgan fingerprint density at radius 1 is 1.12 bits per heavy atom. The molecule has 1 aliphatic heterocycles. The second kappa shape index (κ2) is 8.98. The molecule has 0 radical (unpaired) electrons. The topological polar surface area (TPSA) is 81.3 Å². The van der Waals surface area contributed by atoms with Gasteiger partial charge in [-0.25, -0.2) is 9.78 Å². The summed E-state index contributed by atoms with van der Waals surface area (Å²) in [7, 11) is 0. The van der Waals surface area contributed by atoms with Crippen LogP contribution in [-0.4, -0.2) is 52.0 Å². The number of thiophene rings is 2. The van der Waals surface area contributed by atoms with Crippen molar-refractivity contribution in [2.24, 2.45) is 0 Å². The SMILES string of the molecule is O=C(NC1CCc2ccccc21)N1CCN(Cc2nc3scc(-c4cccs4)c3c(=O)[nH]2)CC1. The van der Waals surface area contributed by atoms with E-state index in [0.29, 0.717) is 30.8 Å². The average Bonchev–Trinajstić information content (AvgIpc) is 3.60. The maximum atomic E-state index is 12.9. The fraction of sp³-hybridized carbons (Fsp3) is 0.320. The molecule has 7 nitrogen and oxygen atoms in total. The molecule has 9 heteroatoms. The number of amides is 2. The zero-order chi connectivity index (χ0) is 23.1. The first kappa shape index (κ1) is 21.5. The van der Waals surface area contributed by atoms with Crippen LogP contribution in [0.2, 0.25) is 0 Å². The Morgan fingerprint density at radius 3 is 2.79 bits per heavy atom. The molecule has 2 N–H and O–H groups in total. The van der Waals surface area contributed by atoms with Gasteiger partial charge in [0.2, 0.25) is 0 Å². The Kier molecular flexibility index (Phi) is 5.68. The summed E-state index contributed by atoms with van der Waals surface area (Å²) in [5.74, 6) is 0.678. The molecule has 2 aliphatic rings. The molecule has 2 amide bonds. The van der Waals surface area contributed by atoms with E-state index in [9.17, 15) is 9.59 Å². The van der Waals surface area contributed by atoms with Crippen LogP contribution in [0.4, 0.5) is 4.79 Å². The quantitative estimate of drug-likeness (QED) is 0.448. The first-order chi connectivity index (χ1) is 16.7. The van der Waals surface area contributed by atoms with Crippen molar-refractivity contribution in [1.82, 2.24) is 25.1 Å². The molecule has 34 heavy (non-hydrogen) atoms. The molecule has 174 valence electrons. The number of benzene rings is 1. The highest BCUT2D eigenvalue weighted by Gasteiger charge is 2.27.